The number of hydrogen-bond donors (Lipinski definition) is 1. The Bertz CT molecular complexity index is 599. The monoisotopic (exact) mass is 301 g/mol. The average Bonchev–Trinajstić information content (AvgIpc) is 2.59. The molecule has 0 aliphatic heterocycles. The van der Waals surface area contributed by atoms with Crippen molar-refractivity contribution in [2.24, 2.45) is 0 Å². The molecule has 17 heavy (non-hydrogen) atoms. The predicted molar refractivity (Wildman–Crippen MR) is 60.7 cm³/mol. The molecule has 1 heterocycles. The minimum absolute atomic E-state index is 0.0219. The first kappa shape index (κ1) is 11.5. The number of benzene rings is 1. The molecule has 0 radical (unpaired) electrons. The Morgan fingerprint density at radius 3 is 2.76 bits per heavy atom. The van der Waals surface area contributed by atoms with E-state index in [4.69, 9.17) is 10.3 Å². The number of halogens is 2. The Labute approximate surface area is 102 Å². The van der Waals surface area contributed by atoms with Crippen molar-refractivity contribution >= 4 is 27.4 Å². The lowest BCUT2D eigenvalue weighted by molar-refractivity contribution is -0.384. The van der Waals surface area contributed by atoms with Crippen molar-refractivity contribution in [2.45, 2.75) is 0 Å². The van der Waals surface area contributed by atoms with Gasteiger partial charge in [0, 0.05) is 6.07 Å². The summed E-state index contributed by atoms with van der Waals surface area (Å²) in [5.74, 6) is -0.556. The minimum Gasteiger partial charge on any atom is -0.380 e. The highest BCUT2D eigenvalue weighted by Crippen LogP contribution is 2.37. The third kappa shape index (κ3) is 1.98. The van der Waals surface area contributed by atoms with Crippen molar-refractivity contribution in [3.63, 3.8) is 0 Å². The van der Waals surface area contributed by atoms with Crippen molar-refractivity contribution in [1.82, 2.24) is 5.16 Å². The molecule has 2 N–H and O–H groups in total. The predicted octanol–water partition coefficient (Wildman–Crippen LogP) is 2.73. The zero-order valence-corrected chi connectivity index (χ0v) is 9.77. The van der Waals surface area contributed by atoms with Gasteiger partial charge < -0.3 is 10.3 Å². The van der Waals surface area contributed by atoms with Crippen LogP contribution in [0.4, 0.5) is 15.9 Å². The highest BCUT2D eigenvalue weighted by atomic mass is 79.9. The zero-order valence-electron chi connectivity index (χ0n) is 8.18. The van der Waals surface area contributed by atoms with Gasteiger partial charge in [-0.05, 0) is 28.1 Å². The first-order valence-electron chi connectivity index (χ1n) is 4.35. The molecule has 2 rings (SSSR count). The normalized spacial score (nSPS) is 10.5. The molecule has 0 saturated heterocycles. The van der Waals surface area contributed by atoms with E-state index in [1.807, 2.05) is 0 Å². The number of nitro benzene ring substituents is 1. The lowest BCUT2D eigenvalue weighted by Gasteiger charge is -1.99. The van der Waals surface area contributed by atoms with Gasteiger partial charge in [0.2, 0.25) is 0 Å². The second kappa shape index (κ2) is 4.13. The van der Waals surface area contributed by atoms with E-state index >= 15 is 0 Å². The molecule has 0 spiro atoms. The second-order valence-corrected chi connectivity index (χ2v) is 3.92. The number of anilines is 1. The Balaban J connectivity index is 2.69. The van der Waals surface area contributed by atoms with Crippen LogP contribution < -0.4 is 5.73 Å². The fourth-order valence-electron chi connectivity index (χ4n) is 1.31. The lowest BCUT2D eigenvalue weighted by Crippen LogP contribution is -1.92. The highest BCUT2D eigenvalue weighted by Gasteiger charge is 2.23. The number of nitrogens with two attached hydrogens (primary N) is 1. The maximum absolute atomic E-state index is 13.1. The van der Waals surface area contributed by atoms with E-state index in [9.17, 15) is 14.5 Å². The molecule has 1 aromatic heterocycles. The number of nitrogen functional groups attached to an aromatic ring is 1. The lowest BCUT2D eigenvalue weighted by atomic mass is 10.1. The van der Waals surface area contributed by atoms with E-state index < -0.39 is 10.7 Å². The third-order valence-corrected chi connectivity index (χ3v) is 2.83. The minimum atomic E-state index is -0.639. The van der Waals surface area contributed by atoms with Gasteiger partial charge in [-0.25, -0.2) is 4.39 Å². The molecule has 0 saturated carbocycles. The third-order valence-electron chi connectivity index (χ3n) is 2.06. The van der Waals surface area contributed by atoms with Crippen LogP contribution in [0.25, 0.3) is 11.3 Å². The van der Waals surface area contributed by atoms with Crippen LogP contribution in [0.15, 0.2) is 27.2 Å². The van der Waals surface area contributed by atoms with E-state index in [1.54, 1.807) is 0 Å². The summed E-state index contributed by atoms with van der Waals surface area (Å²) in [5, 5.41) is 14.2. The van der Waals surface area contributed by atoms with E-state index in [0.29, 0.717) is 0 Å². The average molecular weight is 302 g/mol. The summed E-state index contributed by atoms with van der Waals surface area (Å²) in [7, 11) is 0. The molecule has 0 bridgehead atoms. The fourth-order valence-corrected chi connectivity index (χ4v) is 1.67. The molecular formula is C9H5BrFN3O3. The number of hydrogen-bond acceptors (Lipinski definition) is 5. The van der Waals surface area contributed by atoms with Crippen LogP contribution in [-0.4, -0.2) is 10.1 Å². The maximum Gasteiger partial charge on any atom is 0.280 e. The van der Waals surface area contributed by atoms with Gasteiger partial charge in [0.1, 0.15) is 15.9 Å². The molecule has 0 aliphatic rings. The van der Waals surface area contributed by atoms with E-state index in [-0.39, 0.29) is 27.3 Å². The van der Waals surface area contributed by atoms with E-state index in [1.165, 1.54) is 0 Å². The van der Waals surface area contributed by atoms with Crippen LogP contribution in [0.1, 0.15) is 0 Å². The van der Waals surface area contributed by atoms with Crippen LogP contribution in [0, 0.1) is 15.9 Å². The van der Waals surface area contributed by atoms with Crippen molar-refractivity contribution in [3.05, 3.63) is 38.6 Å². The van der Waals surface area contributed by atoms with Gasteiger partial charge >= 0.3 is 0 Å². The van der Waals surface area contributed by atoms with Gasteiger partial charge in [-0.2, -0.15) is 0 Å². The summed E-state index contributed by atoms with van der Waals surface area (Å²) in [6, 6.07) is 3.04. The summed E-state index contributed by atoms with van der Waals surface area (Å²) in [4.78, 5) is 10.2. The fraction of sp³-hybridized carbons (Fsp3) is 0. The Hall–Kier alpha value is -1.96. The topological polar surface area (TPSA) is 95.2 Å². The summed E-state index contributed by atoms with van der Waals surface area (Å²) < 4.78 is 18.2. The van der Waals surface area contributed by atoms with Gasteiger partial charge in [0.25, 0.3) is 5.69 Å². The van der Waals surface area contributed by atoms with Gasteiger partial charge in [0.05, 0.1) is 4.92 Å². The first-order valence-corrected chi connectivity index (χ1v) is 5.15. The smallest absolute Gasteiger partial charge is 0.280 e. The molecular weight excluding hydrogens is 297 g/mol. The first-order chi connectivity index (χ1) is 8.00. The van der Waals surface area contributed by atoms with E-state index in [2.05, 4.69) is 21.1 Å². The molecule has 88 valence electrons. The van der Waals surface area contributed by atoms with Gasteiger partial charge in [-0.3, -0.25) is 10.1 Å². The number of nitro groups is 1. The van der Waals surface area contributed by atoms with Crippen molar-refractivity contribution in [3.8, 4) is 11.3 Å². The number of rotatable bonds is 2. The molecule has 0 unspecified atom stereocenters. The van der Waals surface area contributed by atoms with Crippen LogP contribution in [0.5, 0.6) is 0 Å². The summed E-state index contributed by atoms with van der Waals surface area (Å²) >= 11 is 3.07. The number of nitrogens with zero attached hydrogens (tertiary/aromatic N) is 2. The molecule has 0 atom stereocenters. The maximum atomic E-state index is 13.1. The van der Waals surface area contributed by atoms with E-state index in [0.717, 1.165) is 18.2 Å². The zero-order chi connectivity index (χ0) is 12.6. The van der Waals surface area contributed by atoms with Gasteiger partial charge in [-0.15, -0.1) is 0 Å². The summed E-state index contributed by atoms with van der Waals surface area (Å²) in [5.41, 5.74) is 5.12. The molecule has 6 nitrogen and oxygen atoms in total. The van der Waals surface area contributed by atoms with Crippen molar-refractivity contribution in [1.29, 1.82) is 0 Å². The van der Waals surface area contributed by atoms with Gasteiger partial charge in [0.15, 0.2) is 11.6 Å². The highest BCUT2D eigenvalue weighted by molar-refractivity contribution is 9.10. The molecule has 1 aromatic carbocycles. The van der Waals surface area contributed by atoms with Crippen LogP contribution in [-0.2, 0) is 0 Å². The van der Waals surface area contributed by atoms with Crippen molar-refractivity contribution in [2.75, 3.05) is 5.73 Å². The summed E-state index contributed by atoms with van der Waals surface area (Å²) in [6.45, 7) is 0. The molecule has 0 fully saturated rings. The molecule has 8 heteroatoms. The largest absolute Gasteiger partial charge is 0.380 e. The molecule has 0 amide bonds. The van der Waals surface area contributed by atoms with Crippen LogP contribution in [0.2, 0.25) is 0 Å². The van der Waals surface area contributed by atoms with Crippen LogP contribution in [0.3, 0.4) is 0 Å². The standard InChI is InChI=1S/C9H5BrFN3O3/c10-7-8(17-13-9(7)12)5-3-4(11)1-2-6(5)14(15)16/h1-3H,(H2,12,13). The second-order valence-electron chi connectivity index (χ2n) is 3.13. The molecule has 2 aromatic rings. The Morgan fingerprint density at radius 2 is 2.24 bits per heavy atom. The van der Waals surface area contributed by atoms with Crippen LogP contribution >= 0.6 is 15.9 Å². The quantitative estimate of drug-likeness (QED) is 0.679. The Kier molecular flexibility index (Phi) is 2.80. The Morgan fingerprint density at radius 1 is 1.53 bits per heavy atom. The van der Waals surface area contributed by atoms with Gasteiger partial charge in [-0.1, -0.05) is 5.16 Å². The summed E-state index contributed by atoms with van der Waals surface area (Å²) in [6.07, 6.45) is 0. The molecule has 0 aliphatic carbocycles. The van der Waals surface area contributed by atoms with Crippen molar-refractivity contribution < 1.29 is 13.8 Å². The number of aromatic nitrogens is 1. The SMILES string of the molecule is Nc1noc(-c2cc(F)ccc2[N+](=O)[O-])c1Br.